The molecular formula is C19H24N3O3+. The molecule has 0 aliphatic heterocycles. The van der Waals surface area contributed by atoms with Gasteiger partial charge in [0.15, 0.2) is 0 Å². The largest absolute Gasteiger partial charge is 0.348 e. The van der Waals surface area contributed by atoms with E-state index in [1.165, 1.54) is 34.7 Å². The highest BCUT2D eigenvalue weighted by Crippen LogP contribution is 2.12. The fourth-order valence-corrected chi connectivity index (χ4v) is 2.58. The van der Waals surface area contributed by atoms with E-state index in [1.807, 2.05) is 12.1 Å². The molecule has 0 atom stereocenters. The van der Waals surface area contributed by atoms with Gasteiger partial charge in [-0.2, -0.15) is 0 Å². The number of nitrogens with one attached hydrogen (secondary N) is 2. The minimum atomic E-state index is -0.483. The summed E-state index contributed by atoms with van der Waals surface area (Å²) in [6.07, 6.45) is 0. The van der Waals surface area contributed by atoms with Gasteiger partial charge in [-0.05, 0) is 31.5 Å². The molecule has 0 heterocycles. The molecule has 0 saturated carbocycles. The number of hydrogen-bond acceptors (Lipinski definition) is 3. The maximum absolute atomic E-state index is 12.1. The van der Waals surface area contributed by atoms with Crippen LogP contribution in [0.25, 0.3) is 0 Å². The van der Waals surface area contributed by atoms with E-state index in [0.29, 0.717) is 12.1 Å². The molecule has 6 heteroatoms. The lowest BCUT2D eigenvalue weighted by atomic mass is 10.1. The number of nitro benzene ring substituents is 1. The van der Waals surface area contributed by atoms with Crippen molar-refractivity contribution in [2.75, 3.05) is 13.1 Å². The lowest BCUT2D eigenvalue weighted by Gasteiger charge is -2.15. The van der Waals surface area contributed by atoms with Crippen LogP contribution in [0.15, 0.2) is 48.5 Å². The first-order chi connectivity index (χ1) is 12.0. The highest BCUT2D eigenvalue weighted by atomic mass is 16.6. The number of nitro groups is 1. The third-order valence-electron chi connectivity index (χ3n) is 4.27. The van der Waals surface area contributed by atoms with E-state index in [-0.39, 0.29) is 11.6 Å². The first kappa shape index (κ1) is 18.6. The predicted molar refractivity (Wildman–Crippen MR) is 96.5 cm³/mol. The zero-order chi connectivity index (χ0) is 18.2. The Bertz CT molecular complexity index is 708. The van der Waals surface area contributed by atoms with Crippen molar-refractivity contribution in [3.63, 3.8) is 0 Å². The van der Waals surface area contributed by atoms with E-state index in [0.717, 1.165) is 25.2 Å². The summed E-state index contributed by atoms with van der Waals surface area (Å²) in [5, 5.41) is 13.5. The van der Waals surface area contributed by atoms with Crippen molar-refractivity contribution >= 4 is 11.6 Å². The number of carbonyl (C=O) groups excluding carboxylic acids is 1. The Balaban J connectivity index is 1.90. The lowest BCUT2D eigenvalue weighted by molar-refractivity contribution is -0.910. The predicted octanol–water partition coefficient (Wildman–Crippen LogP) is 1.95. The Kier molecular flexibility index (Phi) is 6.65. The van der Waals surface area contributed by atoms with Crippen molar-refractivity contribution in [3.8, 4) is 0 Å². The smallest absolute Gasteiger partial charge is 0.269 e. The second-order valence-corrected chi connectivity index (χ2v) is 5.94. The fraction of sp³-hybridized carbons (Fsp3) is 0.316. The Morgan fingerprint density at radius 3 is 2.08 bits per heavy atom. The Hall–Kier alpha value is -2.73. The number of carbonyl (C=O) groups is 1. The van der Waals surface area contributed by atoms with Gasteiger partial charge in [0.05, 0.1) is 18.0 Å². The van der Waals surface area contributed by atoms with Gasteiger partial charge in [-0.1, -0.05) is 24.3 Å². The average molecular weight is 342 g/mol. The topological polar surface area (TPSA) is 76.7 Å². The molecule has 0 aliphatic rings. The van der Waals surface area contributed by atoms with Gasteiger partial charge in [0.2, 0.25) is 0 Å². The molecule has 132 valence electrons. The number of benzene rings is 2. The zero-order valence-electron chi connectivity index (χ0n) is 14.6. The molecule has 2 aromatic rings. The first-order valence-electron chi connectivity index (χ1n) is 8.47. The minimum Gasteiger partial charge on any atom is -0.348 e. The number of non-ortho nitro benzene ring substituents is 1. The van der Waals surface area contributed by atoms with E-state index >= 15 is 0 Å². The standard InChI is InChI=1S/C19H23N3O3/c1-3-21(4-2)14-16-7-5-15(6-8-16)13-20-19(23)17-9-11-18(12-10-17)22(24)25/h5-12H,3-4,13-14H2,1-2H3,(H,20,23)/p+1. The number of hydrogen-bond donors (Lipinski definition) is 2. The van der Waals surface area contributed by atoms with E-state index in [4.69, 9.17) is 0 Å². The van der Waals surface area contributed by atoms with Crippen LogP contribution in [0.5, 0.6) is 0 Å². The van der Waals surface area contributed by atoms with Gasteiger partial charge in [0.1, 0.15) is 6.54 Å². The van der Waals surface area contributed by atoms with Crippen molar-refractivity contribution in [2.24, 2.45) is 0 Å². The second kappa shape index (κ2) is 8.94. The second-order valence-electron chi connectivity index (χ2n) is 5.94. The Morgan fingerprint density at radius 2 is 1.56 bits per heavy atom. The SMILES string of the molecule is CC[NH+](CC)Cc1ccc(CNC(=O)c2ccc([N+](=O)[O-])cc2)cc1. The molecule has 0 unspecified atom stereocenters. The number of nitrogens with zero attached hydrogens (tertiary/aromatic N) is 1. The number of rotatable bonds is 8. The molecule has 0 saturated heterocycles. The van der Waals surface area contributed by atoms with E-state index in [9.17, 15) is 14.9 Å². The molecule has 0 aliphatic carbocycles. The molecule has 1 amide bonds. The Labute approximate surface area is 147 Å². The van der Waals surface area contributed by atoms with Crippen molar-refractivity contribution in [2.45, 2.75) is 26.9 Å². The molecule has 0 radical (unpaired) electrons. The summed E-state index contributed by atoms with van der Waals surface area (Å²) in [5.41, 5.74) is 2.69. The van der Waals surface area contributed by atoms with Gasteiger partial charge in [-0.25, -0.2) is 0 Å². The molecule has 6 nitrogen and oxygen atoms in total. The summed E-state index contributed by atoms with van der Waals surface area (Å²) in [4.78, 5) is 23.8. The molecule has 2 aromatic carbocycles. The maximum atomic E-state index is 12.1. The number of quaternary nitrogens is 1. The van der Waals surface area contributed by atoms with Crippen LogP contribution in [0.2, 0.25) is 0 Å². The molecule has 0 aromatic heterocycles. The van der Waals surface area contributed by atoms with E-state index < -0.39 is 4.92 Å². The van der Waals surface area contributed by atoms with Gasteiger partial charge in [-0.15, -0.1) is 0 Å². The molecular weight excluding hydrogens is 318 g/mol. The van der Waals surface area contributed by atoms with Crippen LogP contribution in [-0.4, -0.2) is 23.9 Å². The summed E-state index contributed by atoms with van der Waals surface area (Å²) in [5.74, 6) is -0.244. The van der Waals surface area contributed by atoms with Gasteiger partial charge in [0, 0.05) is 29.8 Å². The molecule has 2 rings (SSSR count). The molecule has 0 bridgehead atoms. The van der Waals surface area contributed by atoms with Crippen LogP contribution in [0.1, 0.15) is 35.3 Å². The third-order valence-corrected chi connectivity index (χ3v) is 4.27. The highest BCUT2D eigenvalue weighted by molar-refractivity contribution is 5.94. The summed E-state index contributed by atoms with van der Waals surface area (Å²) in [6, 6.07) is 13.8. The zero-order valence-corrected chi connectivity index (χ0v) is 14.6. The van der Waals surface area contributed by atoms with Crippen LogP contribution in [-0.2, 0) is 13.1 Å². The summed E-state index contributed by atoms with van der Waals surface area (Å²) >= 11 is 0. The average Bonchev–Trinajstić information content (AvgIpc) is 2.65. The maximum Gasteiger partial charge on any atom is 0.269 e. The monoisotopic (exact) mass is 342 g/mol. The molecule has 2 N–H and O–H groups in total. The number of amides is 1. The van der Waals surface area contributed by atoms with Gasteiger partial charge in [-0.3, -0.25) is 14.9 Å². The summed E-state index contributed by atoms with van der Waals surface area (Å²) < 4.78 is 0. The quantitative estimate of drug-likeness (QED) is 0.569. The Morgan fingerprint density at radius 1 is 1.00 bits per heavy atom. The van der Waals surface area contributed by atoms with Crippen LogP contribution >= 0.6 is 0 Å². The highest BCUT2D eigenvalue weighted by Gasteiger charge is 2.09. The van der Waals surface area contributed by atoms with Crippen molar-refractivity contribution in [3.05, 3.63) is 75.3 Å². The third kappa shape index (κ3) is 5.39. The molecule has 0 fully saturated rings. The van der Waals surface area contributed by atoms with Gasteiger partial charge in [0.25, 0.3) is 11.6 Å². The van der Waals surface area contributed by atoms with Crippen LogP contribution in [0, 0.1) is 10.1 Å². The van der Waals surface area contributed by atoms with Crippen molar-refractivity contribution in [1.29, 1.82) is 0 Å². The van der Waals surface area contributed by atoms with Crippen LogP contribution < -0.4 is 10.2 Å². The first-order valence-corrected chi connectivity index (χ1v) is 8.47. The van der Waals surface area contributed by atoms with E-state index in [1.54, 1.807) is 0 Å². The molecule has 25 heavy (non-hydrogen) atoms. The lowest BCUT2D eigenvalue weighted by Crippen LogP contribution is -3.10. The van der Waals surface area contributed by atoms with E-state index in [2.05, 4.69) is 31.3 Å². The summed E-state index contributed by atoms with van der Waals surface area (Å²) in [6.45, 7) is 7.99. The van der Waals surface area contributed by atoms with Crippen molar-refractivity contribution < 1.29 is 14.6 Å². The fourth-order valence-electron chi connectivity index (χ4n) is 2.58. The minimum absolute atomic E-state index is 0.0255. The van der Waals surface area contributed by atoms with Gasteiger partial charge < -0.3 is 10.2 Å². The molecule has 0 spiro atoms. The van der Waals surface area contributed by atoms with Crippen LogP contribution in [0.3, 0.4) is 0 Å². The summed E-state index contributed by atoms with van der Waals surface area (Å²) in [7, 11) is 0. The van der Waals surface area contributed by atoms with Gasteiger partial charge >= 0.3 is 0 Å². The van der Waals surface area contributed by atoms with Crippen LogP contribution in [0.4, 0.5) is 5.69 Å². The normalized spacial score (nSPS) is 10.7. The van der Waals surface area contributed by atoms with Crippen molar-refractivity contribution in [1.82, 2.24) is 5.32 Å².